The van der Waals surface area contributed by atoms with E-state index in [-0.39, 0.29) is 11.2 Å². The maximum absolute atomic E-state index is 13.7. The van der Waals surface area contributed by atoms with Gasteiger partial charge in [-0.25, -0.2) is 4.39 Å². The predicted molar refractivity (Wildman–Crippen MR) is 69.8 cm³/mol. The van der Waals surface area contributed by atoms with E-state index in [9.17, 15) is 4.39 Å². The zero-order valence-corrected chi connectivity index (χ0v) is 11.5. The van der Waals surface area contributed by atoms with Gasteiger partial charge in [0.2, 0.25) is 0 Å². The van der Waals surface area contributed by atoms with Gasteiger partial charge in [0.1, 0.15) is 5.82 Å². The van der Waals surface area contributed by atoms with Gasteiger partial charge in [0.05, 0.1) is 0 Å². The lowest BCUT2D eigenvalue weighted by atomic mass is 9.82. The van der Waals surface area contributed by atoms with E-state index in [2.05, 4.69) is 15.9 Å². The largest absolute Gasteiger partial charge is 0.207 e. The molecule has 0 atom stereocenters. The fourth-order valence-electron chi connectivity index (χ4n) is 2.55. The summed E-state index contributed by atoms with van der Waals surface area (Å²) in [5.74, 6) is -0.167. The Kier molecular flexibility index (Phi) is 3.91. The van der Waals surface area contributed by atoms with Crippen molar-refractivity contribution in [3.8, 4) is 0 Å². The Bertz CT molecular complexity index is 372. The summed E-state index contributed by atoms with van der Waals surface area (Å²) in [6.07, 6.45) is 5.74. The summed E-state index contributed by atoms with van der Waals surface area (Å²) in [7, 11) is 0. The molecule has 1 aromatic carbocycles. The Hall–Kier alpha value is -0.0800. The topological polar surface area (TPSA) is 0 Å². The van der Waals surface area contributed by atoms with Crippen LogP contribution in [0.5, 0.6) is 0 Å². The minimum Gasteiger partial charge on any atom is -0.207 e. The minimum absolute atomic E-state index is 0.167. The van der Waals surface area contributed by atoms with Gasteiger partial charge < -0.3 is 0 Å². The van der Waals surface area contributed by atoms with E-state index in [4.69, 9.17) is 11.6 Å². The zero-order chi connectivity index (χ0) is 11.6. The van der Waals surface area contributed by atoms with Crippen molar-refractivity contribution in [1.82, 2.24) is 0 Å². The number of benzene rings is 1. The van der Waals surface area contributed by atoms with Crippen molar-refractivity contribution in [1.29, 1.82) is 0 Å². The highest BCUT2D eigenvalue weighted by molar-refractivity contribution is 9.09. The second-order valence-corrected chi connectivity index (χ2v) is 5.75. The van der Waals surface area contributed by atoms with E-state index in [1.165, 1.54) is 31.7 Å². The molecule has 0 spiro atoms. The molecule has 0 aliphatic heterocycles. The van der Waals surface area contributed by atoms with E-state index in [0.717, 1.165) is 17.3 Å². The van der Waals surface area contributed by atoms with E-state index in [0.29, 0.717) is 5.02 Å². The molecule has 0 saturated heterocycles. The molecule has 1 fully saturated rings. The molecule has 0 unspecified atom stereocenters. The van der Waals surface area contributed by atoms with Gasteiger partial charge in [0.15, 0.2) is 0 Å². The van der Waals surface area contributed by atoms with Gasteiger partial charge in [-0.15, -0.1) is 0 Å². The molecule has 2 rings (SSSR count). The van der Waals surface area contributed by atoms with Crippen LogP contribution in [-0.2, 0) is 6.42 Å². The predicted octanol–water partition coefficient (Wildman–Crippen LogP) is 4.98. The number of alkyl halides is 1. The van der Waals surface area contributed by atoms with Gasteiger partial charge in [0, 0.05) is 10.4 Å². The van der Waals surface area contributed by atoms with Crippen LogP contribution in [0.25, 0.3) is 0 Å². The Labute approximate surface area is 109 Å². The number of hydrogen-bond acceptors (Lipinski definition) is 0. The lowest BCUT2D eigenvalue weighted by Crippen LogP contribution is -2.22. The first-order valence-electron chi connectivity index (χ1n) is 5.65. The fraction of sp³-hybridized carbons (Fsp3) is 0.538. The minimum atomic E-state index is -0.167. The third-order valence-corrected chi connectivity index (χ3v) is 4.95. The second-order valence-electron chi connectivity index (χ2n) is 4.75. The first-order chi connectivity index (χ1) is 7.65. The van der Waals surface area contributed by atoms with Gasteiger partial charge >= 0.3 is 0 Å². The molecule has 1 aromatic rings. The molecular formula is C13H15BrClF. The van der Waals surface area contributed by atoms with Crippen molar-refractivity contribution < 1.29 is 4.39 Å². The van der Waals surface area contributed by atoms with Crippen molar-refractivity contribution in [3.05, 3.63) is 34.6 Å². The molecular weight excluding hydrogens is 290 g/mol. The van der Waals surface area contributed by atoms with Crippen molar-refractivity contribution >= 4 is 27.5 Å². The highest BCUT2D eigenvalue weighted by atomic mass is 79.9. The normalized spacial score (nSPS) is 18.9. The van der Waals surface area contributed by atoms with Gasteiger partial charge in [-0.3, -0.25) is 0 Å². The average molecular weight is 306 g/mol. The van der Waals surface area contributed by atoms with E-state index >= 15 is 0 Å². The van der Waals surface area contributed by atoms with Crippen LogP contribution < -0.4 is 0 Å². The molecule has 1 aliphatic rings. The SMILES string of the molecule is Fc1cc(Cl)ccc1CC1(CBr)CCCC1. The Morgan fingerprint density at radius 1 is 1.31 bits per heavy atom. The molecule has 0 N–H and O–H groups in total. The molecule has 0 heterocycles. The molecule has 0 nitrogen and oxygen atoms in total. The molecule has 1 saturated carbocycles. The Balaban J connectivity index is 2.19. The summed E-state index contributed by atoms with van der Waals surface area (Å²) in [4.78, 5) is 0. The monoisotopic (exact) mass is 304 g/mol. The van der Waals surface area contributed by atoms with Crippen LogP contribution >= 0.6 is 27.5 Å². The number of rotatable bonds is 3. The number of hydrogen-bond donors (Lipinski definition) is 0. The highest BCUT2D eigenvalue weighted by Crippen LogP contribution is 2.42. The van der Waals surface area contributed by atoms with Crippen LogP contribution in [0.1, 0.15) is 31.2 Å². The average Bonchev–Trinajstić information content (AvgIpc) is 2.72. The van der Waals surface area contributed by atoms with Crippen molar-refractivity contribution in [3.63, 3.8) is 0 Å². The van der Waals surface area contributed by atoms with E-state index in [1.807, 2.05) is 6.07 Å². The van der Waals surface area contributed by atoms with Gasteiger partial charge in [-0.05, 0) is 42.4 Å². The van der Waals surface area contributed by atoms with Crippen molar-refractivity contribution in [2.24, 2.45) is 5.41 Å². The van der Waals surface area contributed by atoms with Gasteiger partial charge in [0.25, 0.3) is 0 Å². The summed E-state index contributed by atoms with van der Waals surface area (Å²) >= 11 is 9.33. The van der Waals surface area contributed by atoms with E-state index in [1.54, 1.807) is 6.07 Å². The maximum atomic E-state index is 13.7. The number of halogens is 3. The lowest BCUT2D eigenvalue weighted by molar-refractivity contribution is 0.341. The summed E-state index contributed by atoms with van der Waals surface area (Å²) in [6, 6.07) is 5.00. The lowest BCUT2D eigenvalue weighted by Gasteiger charge is -2.26. The maximum Gasteiger partial charge on any atom is 0.127 e. The summed E-state index contributed by atoms with van der Waals surface area (Å²) in [6.45, 7) is 0. The van der Waals surface area contributed by atoms with Crippen LogP contribution in [0.2, 0.25) is 5.02 Å². The van der Waals surface area contributed by atoms with Gasteiger partial charge in [-0.2, -0.15) is 0 Å². The first-order valence-corrected chi connectivity index (χ1v) is 7.15. The van der Waals surface area contributed by atoms with Crippen molar-refractivity contribution in [2.45, 2.75) is 32.1 Å². The molecule has 16 heavy (non-hydrogen) atoms. The zero-order valence-electron chi connectivity index (χ0n) is 9.11. The summed E-state index contributed by atoms with van der Waals surface area (Å²) < 4.78 is 13.7. The quantitative estimate of drug-likeness (QED) is 0.691. The molecule has 1 aliphatic carbocycles. The molecule has 88 valence electrons. The second kappa shape index (κ2) is 5.05. The van der Waals surface area contributed by atoms with Crippen LogP contribution in [0, 0.1) is 11.2 Å². The Morgan fingerprint density at radius 3 is 2.56 bits per heavy atom. The standard InChI is InChI=1S/C13H15BrClF/c14-9-13(5-1-2-6-13)8-10-3-4-11(15)7-12(10)16/h3-4,7H,1-2,5-6,8-9H2. The van der Waals surface area contributed by atoms with Crippen LogP contribution in [-0.4, -0.2) is 5.33 Å². The third kappa shape index (κ3) is 2.60. The smallest absolute Gasteiger partial charge is 0.127 e. The first kappa shape index (κ1) is 12.4. The van der Waals surface area contributed by atoms with Crippen molar-refractivity contribution in [2.75, 3.05) is 5.33 Å². The van der Waals surface area contributed by atoms with Crippen LogP contribution in [0.4, 0.5) is 4.39 Å². The Morgan fingerprint density at radius 2 is 2.00 bits per heavy atom. The summed E-state index contributed by atoms with van der Waals surface area (Å²) in [5, 5.41) is 1.43. The van der Waals surface area contributed by atoms with Crippen LogP contribution in [0.15, 0.2) is 18.2 Å². The molecule has 0 amide bonds. The fourth-order valence-corrected chi connectivity index (χ4v) is 3.47. The van der Waals surface area contributed by atoms with Gasteiger partial charge in [-0.1, -0.05) is 46.4 Å². The molecule has 3 heteroatoms. The highest BCUT2D eigenvalue weighted by Gasteiger charge is 2.33. The van der Waals surface area contributed by atoms with Crippen LogP contribution in [0.3, 0.4) is 0 Å². The van der Waals surface area contributed by atoms with E-state index < -0.39 is 0 Å². The third-order valence-electron chi connectivity index (χ3n) is 3.53. The summed E-state index contributed by atoms with van der Waals surface area (Å²) in [5.41, 5.74) is 1.06. The molecule has 0 aromatic heterocycles. The molecule has 0 radical (unpaired) electrons. The molecule has 0 bridgehead atoms.